The van der Waals surface area contributed by atoms with Crippen molar-refractivity contribution in [2.24, 2.45) is 0 Å². The van der Waals surface area contributed by atoms with Crippen LogP contribution in [0.4, 0.5) is 9.59 Å². The average Bonchev–Trinajstić information content (AvgIpc) is 2.42. The van der Waals surface area contributed by atoms with E-state index in [-0.39, 0.29) is 7.43 Å². The number of carbonyl (C=O) groups excluding carboxylic acids is 3. The standard InChI is InChI=1S/C11H21N3O5.CH4/c1-5-6-7(13-10(16)18-3)8(9(15)12-2)14-11(17)19-4;/h7-8H,5-6H2,1-4H3,(H,12,15)(H,13,16)(H,14,17);1H4. The molecule has 0 bridgehead atoms. The number of likely N-dealkylation sites (N-methyl/N-ethyl adjacent to an activating group) is 1. The van der Waals surface area contributed by atoms with Crippen LogP contribution in [0.1, 0.15) is 27.2 Å². The molecule has 8 nitrogen and oxygen atoms in total. The van der Waals surface area contributed by atoms with Crippen LogP contribution in [-0.2, 0) is 14.3 Å². The van der Waals surface area contributed by atoms with E-state index < -0.39 is 30.2 Å². The number of hydrogen-bond acceptors (Lipinski definition) is 5. The molecule has 20 heavy (non-hydrogen) atoms. The molecule has 118 valence electrons. The summed E-state index contributed by atoms with van der Waals surface area (Å²) in [7, 11) is 3.86. The first-order valence-corrected chi connectivity index (χ1v) is 5.90. The molecule has 0 aliphatic rings. The summed E-state index contributed by atoms with van der Waals surface area (Å²) in [5, 5.41) is 7.33. The average molecular weight is 291 g/mol. The van der Waals surface area contributed by atoms with Gasteiger partial charge in [0.25, 0.3) is 0 Å². The van der Waals surface area contributed by atoms with Gasteiger partial charge >= 0.3 is 12.2 Å². The Morgan fingerprint density at radius 2 is 1.55 bits per heavy atom. The van der Waals surface area contributed by atoms with Crippen LogP contribution in [0.15, 0.2) is 0 Å². The molecule has 3 amide bonds. The van der Waals surface area contributed by atoms with E-state index in [1.807, 2.05) is 6.92 Å². The van der Waals surface area contributed by atoms with Gasteiger partial charge in [0.05, 0.1) is 20.3 Å². The predicted molar refractivity (Wildman–Crippen MR) is 74.4 cm³/mol. The van der Waals surface area contributed by atoms with Crippen LogP contribution >= 0.6 is 0 Å². The van der Waals surface area contributed by atoms with Crippen molar-refractivity contribution < 1.29 is 23.9 Å². The minimum Gasteiger partial charge on any atom is -0.453 e. The maximum atomic E-state index is 11.8. The third kappa shape index (κ3) is 6.81. The molecule has 8 heteroatoms. The number of nitrogens with one attached hydrogen (secondary N) is 3. The lowest BCUT2D eigenvalue weighted by molar-refractivity contribution is -0.123. The van der Waals surface area contributed by atoms with Crippen molar-refractivity contribution in [3.63, 3.8) is 0 Å². The number of rotatable bonds is 6. The Hall–Kier alpha value is -1.99. The van der Waals surface area contributed by atoms with E-state index in [1.54, 1.807) is 0 Å². The summed E-state index contributed by atoms with van der Waals surface area (Å²) in [5.74, 6) is -0.430. The van der Waals surface area contributed by atoms with E-state index >= 15 is 0 Å². The molecule has 0 saturated heterocycles. The fourth-order valence-corrected chi connectivity index (χ4v) is 1.53. The Balaban J connectivity index is 0. The third-order valence-corrected chi connectivity index (χ3v) is 2.48. The van der Waals surface area contributed by atoms with Crippen molar-refractivity contribution in [2.75, 3.05) is 21.3 Å². The molecular weight excluding hydrogens is 266 g/mol. The van der Waals surface area contributed by atoms with Crippen molar-refractivity contribution in [1.29, 1.82) is 0 Å². The largest absolute Gasteiger partial charge is 0.453 e. The number of carbonyl (C=O) groups is 3. The van der Waals surface area contributed by atoms with Crippen molar-refractivity contribution >= 4 is 18.1 Å². The van der Waals surface area contributed by atoms with E-state index in [9.17, 15) is 14.4 Å². The molecule has 0 aliphatic heterocycles. The molecule has 0 aromatic rings. The van der Waals surface area contributed by atoms with Gasteiger partial charge < -0.3 is 25.4 Å². The zero-order valence-electron chi connectivity index (χ0n) is 11.6. The lowest BCUT2D eigenvalue weighted by Crippen LogP contribution is -2.58. The smallest absolute Gasteiger partial charge is 0.407 e. The summed E-state index contributed by atoms with van der Waals surface area (Å²) in [6.07, 6.45) is -0.206. The normalized spacial score (nSPS) is 12.2. The highest BCUT2D eigenvalue weighted by Gasteiger charge is 2.30. The van der Waals surface area contributed by atoms with Crippen LogP contribution in [0.2, 0.25) is 0 Å². The van der Waals surface area contributed by atoms with Crippen LogP contribution in [0.25, 0.3) is 0 Å². The Bertz CT molecular complexity index is 322. The number of ether oxygens (including phenoxy) is 2. The SMILES string of the molecule is C.CCCC(NC(=O)OC)C(NC(=O)OC)C(=O)NC. The maximum absolute atomic E-state index is 11.8. The lowest BCUT2D eigenvalue weighted by atomic mass is 10.0. The molecule has 0 rings (SSSR count). The van der Waals surface area contributed by atoms with E-state index in [2.05, 4.69) is 25.4 Å². The lowest BCUT2D eigenvalue weighted by Gasteiger charge is -2.26. The molecule has 0 spiro atoms. The molecule has 0 aliphatic carbocycles. The van der Waals surface area contributed by atoms with Gasteiger partial charge in [0, 0.05) is 7.05 Å². The second kappa shape index (κ2) is 10.9. The Morgan fingerprint density at radius 1 is 1.05 bits per heavy atom. The monoisotopic (exact) mass is 291 g/mol. The first-order chi connectivity index (χ1) is 8.99. The van der Waals surface area contributed by atoms with Crippen LogP contribution < -0.4 is 16.0 Å². The third-order valence-electron chi connectivity index (χ3n) is 2.48. The molecule has 2 unspecified atom stereocenters. The second-order valence-electron chi connectivity index (χ2n) is 3.76. The van der Waals surface area contributed by atoms with E-state index in [1.165, 1.54) is 21.3 Å². The Labute approximate surface area is 119 Å². The van der Waals surface area contributed by atoms with Gasteiger partial charge in [-0.3, -0.25) is 4.79 Å². The fraction of sp³-hybridized carbons (Fsp3) is 0.750. The van der Waals surface area contributed by atoms with Gasteiger partial charge in [-0.15, -0.1) is 0 Å². The van der Waals surface area contributed by atoms with Gasteiger partial charge in [-0.05, 0) is 6.42 Å². The molecule has 0 aromatic carbocycles. The quantitative estimate of drug-likeness (QED) is 0.665. The van der Waals surface area contributed by atoms with Crippen LogP contribution in [-0.4, -0.2) is 51.4 Å². The summed E-state index contributed by atoms with van der Waals surface area (Å²) in [5.41, 5.74) is 0. The minimum atomic E-state index is -0.934. The molecule has 0 heterocycles. The Morgan fingerprint density at radius 3 is 1.95 bits per heavy atom. The summed E-state index contributed by atoms with van der Waals surface area (Å²) < 4.78 is 8.96. The van der Waals surface area contributed by atoms with Crippen molar-refractivity contribution in [3.05, 3.63) is 0 Å². The topological polar surface area (TPSA) is 106 Å². The van der Waals surface area contributed by atoms with Gasteiger partial charge in [0.1, 0.15) is 6.04 Å². The molecule has 0 radical (unpaired) electrons. The minimum absolute atomic E-state index is 0. The molecular formula is C12H25N3O5. The number of amides is 3. The molecule has 0 aromatic heterocycles. The van der Waals surface area contributed by atoms with E-state index in [0.717, 1.165) is 0 Å². The van der Waals surface area contributed by atoms with Crippen molar-refractivity contribution in [1.82, 2.24) is 16.0 Å². The van der Waals surface area contributed by atoms with Crippen LogP contribution in [0.5, 0.6) is 0 Å². The highest BCUT2D eigenvalue weighted by Crippen LogP contribution is 2.04. The van der Waals surface area contributed by atoms with E-state index in [0.29, 0.717) is 12.8 Å². The van der Waals surface area contributed by atoms with Crippen molar-refractivity contribution in [3.8, 4) is 0 Å². The number of alkyl carbamates (subject to hydrolysis) is 2. The molecule has 0 saturated carbocycles. The summed E-state index contributed by atoms with van der Waals surface area (Å²) in [6.45, 7) is 1.89. The van der Waals surface area contributed by atoms with Crippen LogP contribution in [0, 0.1) is 0 Å². The van der Waals surface area contributed by atoms with Gasteiger partial charge in [-0.2, -0.15) is 0 Å². The van der Waals surface area contributed by atoms with Gasteiger partial charge in [-0.1, -0.05) is 20.8 Å². The highest BCUT2D eigenvalue weighted by atomic mass is 16.5. The second-order valence-corrected chi connectivity index (χ2v) is 3.76. The Kier molecular flexibility index (Phi) is 11.1. The first kappa shape index (κ1) is 20.3. The zero-order chi connectivity index (χ0) is 14.8. The van der Waals surface area contributed by atoms with Gasteiger partial charge in [0.15, 0.2) is 0 Å². The molecule has 3 N–H and O–H groups in total. The highest BCUT2D eigenvalue weighted by molar-refractivity contribution is 5.86. The molecule has 2 atom stereocenters. The van der Waals surface area contributed by atoms with E-state index in [4.69, 9.17) is 0 Å². The van der Waals surface area contributed by atoms with Crippen LogP contribution in [0.3, 0.4) is 0 Å². The number of hydrogen-bond donors (Lipinski definition) is 3. The maximum Gasteiger partial charge on any atom is 0.407 e. The van der Waals surface area contributed by atoms with Gasteiger partial charge in [0.2, 0.25) is 5.91 Å². The number of methoxy groups -OCH3 is 2. The summed E-state index contributed by atoms with van der Waals surface area (Å²) in [4.78, 5) is 34.3. The summed E-state index contributed by atoms with van der Waals surface area (Å²) in [6, 6.07) is -1.52. The first-order valence-electron chi connectivity index (χ1n) is 5.90. The summed E-state index contributed by atoms with van der Waals surface area (Å²) >= 11 is 0. The van der Waals surface area contributed by atoms with Gasteiger partial charge in [-0.25, -0.2) is 9.59 Å². The molecule has 0 fully saturated rings. The zero-order valence-corrected chi connectivity index (χ0v) is 11.6. The fourth-order valence-electron chi connectivity index (χ4n) is 1.53. The van der Waals surface area contributed by atoms with Crippen molar-refractivity contribution in [2.45, 2.75) is 39.3 Å². The predicted octanol–water partition coefficient (Wildman–Crippen LogP) is 0.618.